The SMILES string of the molecule is CCSc1cc(Cl)ccc1C(=O)N1CCCC(COC)(C(=O)O)C1. The van der Waals surface area contributed by atoms with E-state index in [1.807, 2.05) is 6.92 Å². The van der Waals surface area contributed by atoms with Crippen molar-refractivity contribution in [2.24, 2.45) is 5.41 Å². The molecular formula is C17H22ClNO4S. The van der Waals surface area contributed by atoms with E-state index in [1.54, 1.807) is 34.9 Å². The predicted octanol–water partition coefficient (Wildman–Crippen LogP) is 3.41. The molecule has 132 valence electrons. The Morgan fingerprint density at radius 2 is 2.21 bits per heavy atom. The number of likely N-dealkylation sites (tertiary alicyclic amines) is 1. The zero-order valence-electron chi connectivity index (χ0n) is 13.9. The highest BCUT2D eigenvalue weighted by atomic mass is 35.5. The second-order valence-electron chi connectivity index (χ2n) is 5.92. The van der Waals surface area contributed by atoms with Gasteiger partial charge >= 0.3 is 5.97 Å². The van der Waals surface area contributed by atoms with Gasteiger partial charge in [-0.3, -0.25) is 9.59 Å². The first-order chi connectivity index (χ1) is 11.4. The molecule has 2 rings (SSSR count). The smallest absolute Gasteiger partial charge is 0.313 e. The van der Waals surface area contributed by atoms with E-state index in [1.165, 1.54) is 7.11 Å². The third-order valence-corrected chi connectivity index (χ3v) is 5.38. The van der Waals surface area contributed by atoms with Crippen molar-refractivity contribution in [2.45, 2.75) is 24.7 Å². The molecule has 0 radical (unpaired) electrons. The van der Waals surface area contributed by atoms with Crippen molar-refractivity contribution in [1.29, 1.82) is 0 Å². The summed E-state index contributed by atoms with van der Waals surface area (Å²) >= 11 is 7.59. The first kappa shape index (κ1) is 19.1. The predicted molar refractivity (Wildman–Crippen MR) is 94.9 cm³/mol. The highest BCUT2D eigenvalue weighted by molar-refractivity contribution is 7.99. The number of rotatable bonds is 6. The number of piperidine rings is 1. The number of carbonyl (C=O) groups is 2. The van der Waals surface area contributed by atoms with Gasteiger partial charge in [0.05, 0.1) is 12.2 Å². The quantitative estimate of drug-likeness (QED) is 0.776. The Kier molecular flexibility index (Phi) is 6.54. The van der Waals surface area contributed by atoms with Crippen LogP contribution in [0, 0.1) is 5.41 Å². The van der Waals surface area contributed by atoms with Crippen LogP contribution in [0.2, 0.25) is 5.02 Å². The van der Waals surface area contributed by atoms with E-state index in [0.29, 0.717) is 30.0 Å². The summed E-state index contributed by atoms with van der Waals surface area (Å²) in [6.07, 6.45) is 1.16. The largest absolute Gasteiger partial charge is 0.481 e. The molecular weight excluding hydrogens is 350 g/mol. The van der Waals surface area contributed by atoms with Gasteiger partial charge in [0.1, 0.15) is 5.41 Å². The molecule has 1 aromatic rings. The maximum Gasteiger partial charge on any atom is 0.313 e. The maximum absolute atomic E-state index is 13.0. The molecule has 0 bridgehead atoms. The van der Waals surface area contributed by atoms with Gasteiger partial charge in [0.15, 0.2) is 0 Å². The summed E-state index contributed by atoms with van der Waals surface area (Å²) in [6, 6.07) is 5.20. The number of carbonyl (C=O) groups excluding carboxylic acids is 1. The van der Waals surface area contributed by atoms with Gasteiger partial charge in [0, 0.05) is 30.1 Å². The lowest BCUT2D eigenvalue weighted by Crippen LogP contribution is -2.52. The van der Waals surface area contributed by atoms with E-state index in [4.69, 9.17) is 16.3 Å². The second kappa shape index (κ2) is 8.23. The molecule has 1 saturated heterocycles. The van der Waals surface area contributed by atoms with Gasteiger partial charge in [0.2, 0.25) is 0 Å². The fraction of sp³-hybridized carbons (Fsp3) is 0.529. The lowest BCUT2D eigenvalue weighted by atomic mass is 9.80. The van der Waals surface area contributed by atoms with Crippen molar-refractivity contribution in [1.82, 2.24) is 4.90 Å². The van der Waals surface area contributed by atoms with Crippen LogP contribution in [0.25, 0.3) is 0 Å². The number of amides is 1. The molecule has 7 heteroatoms. The average molecular weight is 372 g/mol. The molecule has 5 nitrogen and oxygen atoms in total. The van der Waals surface area contributed by atoms with Gasteiger partial charge in [0.25, 0.3) is 5.91 Å². The van der Waals surface area contributed by atoms with E-state index in [2.05, 4.69) is 0 Å². The van der Waals surface area contributed by atoms with Crippen LogP contribution in [0.1, 0.15) is 30.1 Å². The number of benzene rings is 1. The van der Waals surface area contributed by atoms with Crippen LogP contribution in [0.15, 0.2) is 23.1 Å². The number of hydrogen-bond donors (Lipinski definition) is 1. The number of ether oxygens (including phenoxy) is 1. The van der Waals surface area contributed by atoms with Crippen molar-refractivity contribution < 1.29 is 19.4 Å². The zero-order chi connectivity index (χ0) is 17.7. The first-order valence-electron chi connectivity index (χ1n) is 7.87. The van der Waals surface area contributed by atoms with Crippen LogP contribution < -0.4 is 0 Å². The van der Waals surface area contributed by atoms with Crippen LogP contribution >= 0.6 is 23.4 Å². The summed E-state index contributed by atoms with van der Waals surface area (Å²) in [5.41, 5.74) is -0.461. The van der Waals surface area contributed by atoms with Crippen molar-refractivity contribution in [3.8, 4) is 0 Å². The number of methoxy groups -OCH3 is 1. The average Bonchev–Trinajstić information content (AvgIpc) is 2.55. The molecule has 0 spiro atoms. The van der Waals surface area contributed by atoms with Crippen LogP contribution in [0.3, 0.4) is 0 Å². The van der Waals surface area contributed by atoms with Gasteiger partial charge in [-0.15, -0.1) is 11.8 Å². The molecule has 1 aliphatic rings. The number of aliphatic carboxylic acids is 1. The fourth-order valence-corrected chi connectivity index (χ4v) is 4.12. The number of halogens is 1. The highest BCUT2D eigenvalue weighted by Gasteiger charge is 2.44. The minimum absolute atomic E-state index is 0.100. The standard InChI is InChI=1S/C17H22ClNO4S/c1-3-24-14-9-12(18)5-6-13(14)15(20)19-8-4-7-17(10-19,11-23-2)16(21)22/h5-6,9H,3-4,7-8,10-11H2,1-2H3,(H,21,22). The van der Waals surface area contributed by atoms with Gasteiger partial charge in [-0.1, -0.05) is 18.5 Å². The van der Waals surface area contributed by atoms with Crippen molar-refractivity contribution in [2.75, 3.05) is 32.6 Å². The van der Waals surface area contributed by atoms with Crippen LogP contribution in [0.5, 0.6) is 0 Å². The molecule has 1 aliphatic heterocycles. The van der Waals surface area contributed by atoms with Crippen molar-refractivity contribution >= 4 is 35.2 Å². The minimum atomic E-state index is -1.03. The van der Waals surface area contributed by atoms with E-state index in [9.17, 15) is 14.7 Å². The number of nitrogens with zero attached hydrogens (tertiary/aromatic N) is 1. The Bertz CT molecular complexity index is 621. The summed E-state index contributed by atoms with van der Waals surface area (Å²) in [7, 11) is 1.49. The Hall–Kier alpha value is -1.24. The van der Waals surface area contributed by atoms with Crippen LogP contribution in [0.4, 0.5) is 0 Å². The van der Waals surface area contributed by atoms with E-state index in [-0.39, 0.29) is 19.1 Å². The molecule has 1 atom stereocenters. The monoisotopic (exact) mass is 371 g/mol. The minimum Gasteiger partial charge on any atom is -0.481 e. The Balaban J connectivity index is 2.28. The topological polar surface area (TPSA) is 66.8 Å². The van der Waals surface area contributed by atoms with Gasteiger partial charge in [-0.2, -0.15) is 0 Å². The van der Waals surface area contributed by atoms with Crippen LogP contribution in [-0.4, -0.2) is 54.4 Å². The molecule has 0 saturated carbocycles. The molecule has 0 aromatic heterocycles. The van der Waals surface area contributed by atoms with E-state index in [0.717, 1.165) is 10.6 Å². The number of thioether (sulfide) groups is 1. The number of carboxylic acid groups (broad SMARTS) is 1. The molecule has 1 unspecified atom stereocenters. The lowest BCUT2D eigenvalue weighted by molar-refractivity contribution is -0.155. The Labute approximate surface area is 151 Å². The van der Waals surface area contributed by atoms with Crippen LogP contribution in [-0.2, 0) is 9.53 Å². The lowest BCUT2D eigenvalue weighted by Gasteiger charge is -2.39. The second-order valence-corrected chi connectivity index (χ2v) is 7.66. The first-order valence-corrected chi connectivity index (χ1v) is 9.24. The molecule has 0 aliphatic carbocycles. The van der Waals surface area contributed by atoms with E-state index >= 15 is 0 Å². The third-order valence-electron chi connectivity index (χ3n) is 4.21. The summed E-state index contributed by atoms with van der Waals surface area (Å²) in [5, 5.41) is 10.2. The summed E-state index contributed by atoms with van der Waals surface area (Å²) in [5.74, 6) is -0.242. The van der Waals surface area contributed by atoms with Gasteiger partial charge < -0.3 is 14.7 Å². The highest BCUT2D eigenvalue weighted by Crippen LogP contribution is 2.33. The van der Waals surface area contributed by atoms with Crippen molar-refractivity contribution in [3.05, 3.63) is 28.8 Å². The molecule has 1 N–H and O–H groups in total. The Morgan fingerprint density at radius 3 is 2.83 bits per heavy atom. The van der Waals surface area contributed by atoms with E-state index < -0.39 is 11.4 Å². The molecule has 1 aromatic carbocycles. The number of hydrogen-bond acceptors (Lipinski definition) is 4. The maximum atomic E-state index is 13.0. The fourth-order valence-electron chi connectivity index (χ4n) is 3.05. The normalized spacial score (nSPS) is 20.9. The third kappa shape index (κ3) is 4.05. The molecule has 1 amide bonds. The summed E-state index contributed by atoms with van der Waals surface area (Å²) in [4.78, 5) is 27.2. The molecule has 24 heavy (non-hydrogen) atoms. The van der Waals surface area contributed by atoms with Gasteiger partial charge in [-0.05, 0) is 36.8 Å². The number of carboxylic acids is 1. The molecule has 1 fully saturated rings. The molecule has 1 heterocycles. The zero-order valence-corrected chi connectivity index (χ0v) is 15.5. The van der Waals surface area contributed by atoms with Gasteiger partial charge in [-0.25, -0.2) is 0 Å². The Morgan fingerprint density at radius 1 is 1.46 bits per heavy atom. The van der Waals surface area contributed by atoms with Crippen molar-refractivity contribution in [3.63, 3.8) is 0 Å². The summed E-state index contributed by atoms with van der Waals surface area (Å²) < 4.78 is 5.12. The summed E-state index contributed by atoms with van der Waals surface area (Å²) in [6.45, 7) is 2.82.